The normalized spacial score (nSPS) is 13.2. The van der Waals surface area contributed by atoms with Crippen molar-refractivity contribution in [2.24, 2.45) is 0 Å². The quantitative estimate of drug-likeness (QED) is 0.304. The molecule has 0 fully saturated rings. The average Bonchev–Trinajstić information content (AvgIpc) is 3.22. The Labute approximate surface area is 183 Å². The Hall–Kier alpha value is -0.106. The number of rotatable bonds is 17. The van der Waals surface area contributed by atoms with Gasteiger partial charge in [0.15, 0.2) is 0 Å². The number of hydrogen-bond acceptors (Lipinski definition) is 7. The summed E-state index contributed by atoms with van der Waals surface area (Å²) in [7, 11) is -6.71. The zero-order valence-corrected chi connectivity index (χ0v) is 22.1. The predicted molar refractivity (Wildman–Crippen MR) is 122 cm³/mol. The fraction of sp³-hybridized carbons (Fsp3) is 0.800. The third kappa shape index (κ3) is 5.39. The third-order valence-corrected chi connectivity index (χ3v) is 14.4. The SMILES string of the molecule is CCCC(c1ccsc1)([Si](OCC)(OCC)OCC)[Si](OCC)(OCC)OCC. The molecule has 1 aromatic heterocycles. The second-order valence-corrected chi connectivity index (χ2v) is 13.3. The molecule has 0 aromatic carbocycles. The van der Waals surface area contributed by atoms with Crippen LogP contribution in [0.4, 0.5) is 0 Å². The molecule has 0 radical (unpaired) electrons. The van der Waals surface area contributed by atoms with Gasteiger partial charge in [-0.05, 0) is 70.4 Å². The first-order valence-electron chi connectivity index (χ1n) is 10.9. The van der Waals surface area contributed by atoms with Crippen LogP contribution in [0, 0.1) is 0 Å². The fourth-order valence-electron chi connectivity index (χ4n) is 4.00. The minimum Gasteiger partial charge on any atom is -0.373 e. The summed E-state index contributed by atoms with van der Waals surface area (Å²) < 4.78 is 38.2. The van der Waals surface area contributed by atoms with Gasteiger partial charge in [-0.25, -0.2) is 0 Å². The van der Waals surface area contributed by atoms with Crippen LogP contribution in [0.2, 0.25) is 0 Å². The lowest BCUT2D eigenvalue weighted by molar-refractivity contribution is 0.00928. The van der Waals surface area contributed by atoms with Crippen molar-refractivity contribution in [1.29, 1.82) is 0 Å². The summed E-state index contributed by atoms with van der Waals surface area (Å²) in [6.07, 6.45) is 1.63. The largest absolute Gasteiger partial charge is 0.516 e. The van der Waals surface area contributed by atoms with Crippen molar-refractivity contribution >= 4 is 28.9 Å². The lowest BCUT2D eigenvalue weighted by Crippen LogP contribution is -2.77. The van der Waals surface area contributed by atoms with Crippen LogP contribution in [0.1, 0.15) is 66.9 Å². The van der Waals surface area contributed by atoms with Gasteiger partial charge >= 0.3 is 17.6 Å². The van der Waals surface area contributed by atoms with Gasteiger partial charge in [-0.15, -0.1) is 0 Å². The van der Waals surface area contributed by atoms with E-state index in [0.717, 1.165) is 18.4 Å². The molecule has 0 aliphatic rings. The molecule has 0 N–H and O–H groups in total. The van der Waals surface area contributed by atoms with Crippen LogP contribution in [0.3, 0.4) is 0 Å². The van der Waals surface area contributed by atoms with Crippen molar-refractivity contribution in [3.05, 3.63) is 22.4 Å². The molecule has 0 aliphatic carbocycles. The Kier molecular flexibility index (Phi) is 12.4. The van der Waals surface area contributed by atoms with E-state index < -0.39 is 22.3 Å². The molecule has 1 heterocycles. The standard InChI is InChI=1S/C20H40O6SSi2/c1-8-16-20(19-15-17-27-18-19,28(21-9-2,22-10-3)23-11-4)29(24-12-5,25-13-6)26-14-7/h15,17-18H,8-14,16H2,1-7H3. The molecule has 0 amide bonds. The molecule has 1 rings (SSSR count). The third-order valence-electron chi connectivity index (χ3n) is 4.69. The summed E-state index contributed by atoms with van der Waals surface area (Å²) in [6, 6.07) is 2.12. The lowest BCUT2D eigenvalue weighted by atomic mass is 10.1. The van der Waals surface area contributed by atoms with Crippen molar-refractivity contribution in [3.8, 4) is 0 Å². The zero-order chi connectivity index (χ0) is 21.8. The monoisotopic (exact) mass is 464 g/mol. The molecule has 0 aliphatic heterocycles. The van der Waals surface area contributed by atoms with Crippen LogP contribution in [0.25, 0.3) is 0 Å². The van der Waals surface area contributed by atoms with Gasteiger partial charge in [-0.1, -0.05) is 13.3 Å². The topological polar surface area (TPSA) is 55.4 Å². The maximum absolute atomic E-state index is 6.49. The highest BCUT2D eigenvalue weighted by molar-refractivity contribution is 7.08. The van der Waals surface area contributed by atoms with Crippen LogP contribution in [0.5, 0.6) is 0 Å². The maximum Gasteiger partial charge on any atom is 0.516 e. The lowest BCUT2D eigenvalue weighted by Gasteiger charge is -2.51. The van der Waals surface area contributed by atoms with Crippen LogP contribution in [0.15, 0.2) is 16.8 Å². The van der Waals surface area contributed by atoms with E-state index in [4.69, 9.17) is 26.6 Å². The zero-order valence-electron chi connectivity index (χ0n) is 19.2. The van der Waals surface area contributed by atoms with Crippen molar-refractivity contribution < 1.29 is 26.6 Å². The fourth-order valence-corrected chi connectivity index (χ4v) is 14.1. The average molecular weight is 465 g/mol. The molecule has 0 atom stereocenters. The van der Waals surface area contributed by atoms with E-state index in [1.54, 1.807) is 11.3 Å². The first kappa shape index (κ1) is 26.9. The van der Waals surface area contributed by atoms with E-state index >= 15 is 0 Å². The highest BCUT2D eigenvalue weighted by atomic mass is 32.1. The van der Waals surface area contributed by atoms with Gasteiger partial charge in [-0.2, -0.15) is 11.3 Å². The molecule has 9 heteroatoms. The Morgan fingerprint density at radius 3 is 1.31 bits per heavy atom. The Bertz CT molecular complexity index is 483. The maximum atomic E-state index is 6.49. The summed E-state index contributed by atoms with van der Waals surface area (Å²) in [5.41, 5.74) is 1.08. The molecule has 0 bridgehead atoms. The van der Waals surface area contributed by atoms with E-state index in [0.29, 0.717) is 39.6 Å². The molecule has 6 nitrogen and oxygen atoms in total. The molecule has 170 valence electrons. The van der Waals surface area contributed by atoms with E-state index in [9.17, 15) is 0 Å². The molecule has 1 aromatic rings. The van der Waals surface area contributed by atoms with Gasteiger partial charge < -0.3 is 26.6 Å². The Balaban J connectivity index is 4.00. The van der Waals surface area contributed by atoms with Gasteiger partial charge in [0.05, 0.1) is 0 Å². The van der Waals surface area contributed by atoms with E-state index in [1.807, 2.05) is 41.5 Å². The van der Waals surface area contributed by atoms with Crippen molar-refractivity contribution in [2.45, 2.75) is 66.0 Å². The van der Waals surface area contributed by atoms with Crippen LogP contribution in [-0.4, -0.2) is 57.3 Å². The first-order chi connectivity index (χ1) is 14.0. The summed E-state index contributed by atoms with van der Waals surface area (Å²) in [5, 5.41) is 4.22. The van der Waals surface area contributed by atoms with Crippen LogP contribution in [-0.2, 0) is 31.2 Å². The van der Waals surface area contributed by atoms with Gasteiger partial charge in [0.2, 0.25) is 0 Å². The summed E-state index contributed by atoms with van der Waals surface area (Å²) in [6.45, 7) is 16.9. The highest BCUT2D eigenvalue weighted by Crippen LogP contribution is 2.49. The highest BCUT2D eigenvalue weighted by Gasteiger charge is 2.77. The van der Waals surface area contributed by atoms with Gasteiger partial charge in [0, 0.05) is 39.6 Å². The van der Waals surface area contributed by atoms with Crippen LogP contribution >= 0.6 is 11.3 Å². The van der Waals surface area contributed by atoms with E-state index in [2.05, 4.69) is 23.8 Å². The molecular weight excluding hydrogens is 424 g/mol. The minimum absolute atomic E-state index is 0.483. The summed E-state index contributed by atoms with van der Waals surface area (Å²) in [5.74, 6) is 0. The van der Waals surface area contributed by atoms with Crippen molar-refractivity contribution in [2.75, 3.05) is 39.6 Å². The van der Waals surface area contributed by atoms with E-state index in [-0.39, 0.29) is 0 Å². The summed E-state index contributed by atoms with van der Waals surface area (Å²) in [4.78, 5) is 0. The smallest absolute Gasteiger partial charge is 0.373 e. The number of thiophene rings is 1. The molecule has 29 heavy (non-hydrogen) atoms. The van der Waals surface area contributed by atoms with E-state index in [1.165, 1.54) is 0 Å². The Morgan fingerprint density at radius 1 is 0.690 bits per heavy atom. The molecule has 0 saturated heterocycles. The van der Waals surface area contributed by atoms with Crippen molar-refractivity contribution in [1.82, 2.24) is 0 Å². The number of hydrogen-bond donors (Lipinski definition) is 0. The molecule has 0 saturated carbocycles. The first-order valence-corrected chi connectivity index (χ1v) is 15.3. The van der Waals surface area contributed by atoms with Crippen LogP contribution < -0.4 is 0 Å². The van der Waals surface area contributed by atoms with Gasteiger partial charge in [-0.3, -0.25) is 0 Å². The molecule has 0 spiro atoms. The second-order valence-electron chi connectivity index (χ2n) is 6.38. The Morgan fingerprint density at radius 2 is 1.07 bits per heavy atom. The van der Waals surface area contributed by atoms with Gasteiger partial charge in [0.1, 0.15) is 4.66 Å². The molecular formula is C20H40O6SSi2. The van der Waals surface area contributed by atoms with Crippen molar-refractivity contribution in [3.63, 3.8) is 0 Å². The second kappa shape index (κ2) is 13.3. The van der Waals surface area contributed by atoms with Gasteiger partial charge in [0.25, 0.3) is 0 Å². The predicted octanol–water partition coefficient (Wildman–Crippen LogP) is 4.96. The molecule has 0 unspecified atom stereocenters. The minimum atomic E-state index is -3.35. The summed E-state index contributed by atoms with van der Waals surface area (Å²) >= 11 is 1.64.